The van der Waals surface area contributed by atoms with Crippen molar-refractivity contribution in [3.05, 3.63) is 33.3 Å². The van der Waals surface area contributed by atoms with E-state index in [1.54, 1.807) is 0 Å². The number of carboxylic acid groups (broad SMARTS) is 1. The second-order valence-corrected chi connectivity index (χ2v) is 3.74. The Balaban J connectivity index is 3.36. The summed E-state index contributed by atoms with van der Waals surface area (Å²) in [7, 11) is 0. The van der Waals surface area contributed by atoms with Gasteiger partial charge in [0, 0.05) is 10.0 Å². The van der Waals surface area contributed by atoms with Crippen molar-refractivity contribution in [2.24, 2.45) is 0 Å². The highest BCUT2D eigenvalue weighted by atomic mass is 79.9. The summed E-state index contributed by atoms with van der Waals surface area (Å²) in [6, 6.07) is 4.84. The van der Waals surface area contributed by atoms with Crippen LogP contribution in [0, 0.1) is 11.3 Å². The van der Waals surface area contributed by atoms with Gasteiger partial charge in [0.25, 0.3) is 0 Å². The number of aliphatic carboxylic acids is 1. The maximum Gasteiger partial charge on any atom is 0.307 e. The van der Waals surface area contributed by atoms with Crippen LogP contribution >= 0.6 is 15.9 Å². The molecule has 0 unspecified atom stereocenters. The van der Waals surface area contributed by atoms with Gasteiger partial charge in [0.05, 0.1) is 12.0 Å². The number of aldehydes is 1. The van der Waals surface area contributed by atoms with Gasteiger partial charge in [-0.1, -0.05) is 15.9 Å². The quantitative estimate of drug-likeness (QED) is 0.847. The summed E-state index contributed by atoms with van der Waals surface area (Å²) < 4.78 is 0.583. The van der Waals surface area contributed by atoms with E-state index in [0.29, 0.717) is 16.3 Å². The molecule has 0 radical (unpaired) electrons. The monoisotopic (exact) mass is 267 g/mol. The Kier molecular flexibility index (Phi) is 3.58. The lowest BCUT2D eigenvalue weighted by Gasteiger charge is -2.04. The minimum absolute atomic E-state index is 0.121. The average Bonchev–Trinajstić information content (AvgIpc) is 2.15. The number of nitriles is 1. The van der Waals surface area contributed by atoms with E-state index in [9.17, 15) is 9.59 Å². The van der Waals surface area contributed by atoms with Crippen molar-refractivity contribution in [2.75, 3.05) is 0 Å². The molecule has 0 bridgehead atoms. The maximum atomic E-state index is 10.7. The molecule has 0 aliphatic heterocycles. The first-order valence-electron chi connectivity index (χ1n) is 3.98. The summed E-state index contributed by atoms with van der Waals surface area (Å²) in [5.74, 6) is -1.04. The molecule has 0 spiro atoms. The van der Waals surface area contributed by atoms with Crippen molar-refractivity contribution in [3.8, 4) is 6.07 Å². The molecule has 0 aliphatic rings. The zero-order chi connectivity index (χ0) is 11.4. The van der Waals surface area contributed by atoms with Crippen molar-refractivity contribution >= 4 is 28.2 Å². The Hall–Kier alpha value is -1.67. The molecule has 0 atom stereocenters. The molecule has 4 nitrogen and oxygen atoms in total. The molecule has 76 valence electrons. The Morgan fingerprint density at radius 3 is 2.73 bits per heavy atom. The van der Waals surface area contributed by atoms with Gasteiger partial charge in [-0.25, -0.2) is 0 Å². The van der Waals surface area contributed by atoms with Crippen LogP contribution in [0.5, 0.6) is 0 Å². The molecule has 0 saturated heterocycles. The van der Waals surface area contributed by atoms with Gasteiger partial charge in [-0.2, -0.15) is 5.26 Å². The van der Waals surface area contributed by atoms with E-state index in [2.05, 4.69) is 15.9 Å². The number of carbonyl (C=O) groups excluding carboxylic acids is 1. The molecule has 0 fully saturated rings. The van der Waals surface area contributed by atoms with Gasteiger partial charge in [0.15, 0.2) is 6.29 Å². The van der Waals surface area contributed by atoms with Crippen molar-refractivity contribution in [3.63, 3.8) is 0 Å². The predicted octanol–water partition coefficient (Wildman–Crippen LogP) is 1.76. The topological polar surface area (TPSA) is 78.2 Å². The van der Waals surface area contributed by atoms with Crippen molar-refractivity contribution in [1.29, 1.82) is 5.26 Å². The smallest absolute Gasteiger partial charge is 0.307 e. The number of hydrogen-bond acceptors (Lipinski definition) is 3. The summed E-state index contributed by atoms with van der Waals surface area (Å²) in [4.78, 5) is 21.2. The number of nitrogens with zero attached hydrogens (tertiary/aromatic N) is 1. The van der Waals surface area contributed by atoms with E-state index in [4.69, 9.17) is 10.4 Å². The lowest BCUT2D eigenvalue weighted by atomic mass is 10.0. The van der Waals surface area contributed by atoms with Gasteiger partial charge in [0.1, 0.15) is 6.07 Å². The third kappa shape index (κ3) is 2.64. The molecule has 0 aromatic heterocycles. The van der Waals surface area contributed by atoms with Crippen LogP contribution in [0.1, 0.15) is 21.5 Å². The summed E-state index contributed by atoms with van der Waals surface area (Å²) in [5, 5.41) is 17.4. The molecule has 5 heteroatoms. The fourth-order valence-corrected chi connectivity index (χ4v) is 1.74. The van der Waals surface area contributed by atoms with Crippen LogP contribution in [0.25, 0.3) is 0 Å². The van der Waals surface area contributed by atoms with Crippen LogP contribution in [-0.4, -0.2) is 17.4 Å². The fraction of sp³-hybridized carbons (Fsp3) is 0.100. The number of carboxylic acids is 1. The number of carbonyl (C=O) groups is 2. The molecule has 0 heterocycles. The van der Waals surface area contributed by atoms with Gasteiger partial charge in [-0.3, -0.25) is 9.59 Å². The Bertz CT molecular complexity index is 462. The molecule has 1 aromatic carbocycles. The van der Waals surface area contributed by atoms with E-state index in [1.807, 2.05) is 6.07 Å². The zero-order valence-corrected chi connectivity index (χ0v) is 9.11. The second-order valence-electron chi connectivity index (χ2n) is 2.83. The predicted molar refractivity (Wildman–Crippen MR) is 55.6 cm³/mol. The van der Waals surface area contributed by atoms with E-state index in [0.717, 1.165) is 0 Å². The highest BCUT2D eigenvalue weighted by Gasteiger charge is 2.12. The highest BCUT2D eigenvalue weighted by molar-refractivity contribution is 9.10. The molecule has 1 N–H and O–H groups in total. The molecule has 15 heavy (non-hydrogen) atoms. The lowest BCUT2D eigenvalue weighted by Crippen LogP contribution is -2.04. The summed E-state index contributed by atoms with van der Waals surface area (Å²) >= 11 is 3.15. The van der Waals surface area contributed by atoms with Crippen LogP contribution in [0.3, 0.4) is 0 Å². The largest absolute Gasteiger partial charge is 0.481 e. The molecular weight excluding hydrogens is 262 g/mol. The molecule has 0 aliphatic carbocycles. The summed E-state index contributed by atoms with van der Waals surface area (Å²) in [6.45, 7) is 0. The SMILES string of the molecule is N#Cc1c(C=O)cc(Br)cc1CC(=O)O. The zero-order valence-electron chi connectivity index (χ0n) is 7.53. The maximum absolute atomic E-state index is 10.7. The van der Waals surface area contributed by atoms with Crippen LogP contribution in [0.4, 0.5) is 0 Å². The number of rotatable bonds is 3. The molecular formula is C10H6BrNO3. The average molecular weight is 268 g/mol. The summed E-state index contributed by atoms with van der Waals surface area (Å²) in [5.41, 5.74) is 0.653. The first-order valence-corrected chi connectivity index (χ1v) is 4.77. The third-order valence-corrected chi connectivity index (χ3v) is 2.25. The fourth-order valence-electron chi connectivity index (χ4n) is 1.22. The van der Waals surface area contributed by atoms with Crippen LogP contribution < -0.4 is 0 Å². The van der Waals surface area contributed by atoms with Gasteiger partial charge >= 0.3 is 5.97 Å². The van der Waals surface area contributed by atoms with Gasteiger partial charge in [-0.05, 0) is 17.7 Å². The normalized spacial score (nSPS) is 9.33. The van der Waals surface area contributed by atoms with E-state index in [-0.39, 0.29) is 17.5 Å². The van der Waals surface area contributed by atoms with Crippen molar-refractivity contribution in [2.45, 2.75) is 6.42 Å². The highest BCUT2D eigenvalue weighted by Crippen LogP contribution is 2.20. The number of hydrogen-bond donors (Lipinski definition) is 1. The van der Waals surface area contributed by atoms with E-state index < -0.39 is 5.97 Å². The third-order valence-electron chi connectivity index (χ3n) is 1.80. The summed E-state index contributed by atoms with van der Waals surface area (Å²) in [6.07, 6.45) is 0.262. The van der Waals surface area contributed by atoms with Crippen molar-refractivity contribution < 1.29 is 14.7 Å². The Labute approximate surface area is 94.3 Å². The minimum atomic E-state index is -1.04. The van der Waals surface area contributed by atoms with Crippen LogP contribution in [0.2, 0.25) is 0 Å². The number of benzene rings is 1. The van der Waals surface area contributed by atoms with Crippen LogP contribution in [0.15, 0.2) is 16.6 Å². The Morgan fingerprint density at radius 2 is 2.27 bits per heavy atom. The second kappa shape index (κ2) is 4.71. The van der Waals surface area contributed by atoms with Gasteiger partial charge in [0.2, 0.25) is 0 Å². The Morgan fingerprint density at radius 1 is 1.60 bits per heavy atom. The lowest BCUT2D eigenvalue weighted by molar-refractivity contribution is -0.136. The first kappa shape index (κ1) is 11.4. The van der Waals surface area contributed by atoms with Crippen LogP contribution in [-0.2, 0) is 11.2 Å². The molecule has 0 saturated carbocycles. The molecule has 0 amide bonds. The first-order chi connectivity index (χ1) is 7.08. The minimum Gasteiger partial charge on any atom is -0.481 e. The molecule has 1 rings (SSSR count). The van der Waals surface area contributed by atoms with Crippen molar-refractivity contribution in [1.82, 2.24) is 0 Å². The molecule has 1 aromatic rings. The van der Waals surface area contributed by atoms with E-state index >= 15 is 0 Å². The van der Waals surface area contributed by atoms with Gasteiger partial charge in [-0.15, -0.1) is 0 Å². The standard InChI is InChI=1S/C10H6BrNO3/c11-8-1-6(3-10(14)15)9(4-12)7(2-8)5-13/h1-2,5H,3H2,(H,14,15). The number of halogens is 1. The van der Waals surface area contributed by atoms with E-state index in [1.165, 1.54) is 12.1 Å². The van der Waals surface area contributed by atoms with Gasteiger partial charge < -0.3 is 5.11 Å².